The first kappa shape index (κ1) is 15.6. The van der Waals surface area contributed by atoms with Gasteiger partial charge in [-0.15, -0.1) is 11.3 Å². The third kappa shape index (κ3) is 2.94. The standard InChI is InChI=1S/C17H17NO4S/c1-3-22-17(20)15-14(16(19)13-5-4-10-23-13)18(15)11-6-8-12(21-2)9-7-11/h4-10,14-15H,3H2,1-2H3/t14-,15+,18?/m0/s1. The molecule has 2 atom stereocenters. The molecule has 23 heavy (non-hydrogen) atoms. The predicted molar refractivity (Wildman–Crippen MR) is 88.3 cm³/mol. The second-order valence-electron chi connectivity index (χ2n) is 5.09. The topological polar surface area (TPSA) is 55.6 Å². The molecular formula is C17H17NO4S. The van der Waals surface area contributed by atoms with Gasteiger partial charge in [0, 0.05) is 5.69 Å². The number of benzene rings is 1. The van der Waals surface area contributed by atoms with Gasteiger partial charge in [-0.05, 0) is 42.6 Å². The van der Waals surface area contributed by atoms with Gasteiger partial charge in [0.15, 0.2) is 11.8 Å². The minimum absolute atomic E-state index is 0.0473. The summed E-state index contributed by atoms with van der Waals surface area (Å²) in [7, 11) is 1.59. The number of Topliss-reactive ketones (excluding diaryl/α,β-unsaturated/α-hetero) is 1. The van der Waals surface area contributed by atoms with Crippen molar-refractivity contribution in [2.24, 2.45) is 0 Å². The molecule has 3 rings (SSSR count). The van der Waals surface area contributed by atoms with E-state index in [2.05, 4.69) is 0 Å². The smallest absolute Gasteiger partial charge is 0.331 e. The Balaban J connectivity index is 1.86. The molecule has 1 aromatic heterocycles. The first-order valence-electron chi connectivity index (χ1n) is 7.34. The lowest BCUT2D eigenvalue weighted by Crippen LogP contribution is -2.18. The summed E-state index contributed by atoms with van der Waals surface area (Å²) in [4.78, 5) is 27.2. The second-order valence-corrected chi connectivity index (χ2v) is 6.04. The summed E-state index contributed by atoms with van der Waals surface area (Å²) in [5, 5.41) is 1.85. The van der Waals surface area contributed by atoms with Gasteiger partial charge < -0.3 is 14.4 Å². The Hall–Kier alpha value is -2.34. The maximum atomic E-state index is 12.6. The molecule has 2 heterocycles. The normalized spacial score (nSPS) is 19.3. The Labute approximate surface area is 138 Å². The van der Waals surface area contributed by atoms with E-state index in [4.69, 9.17) is 9.47 Å². The molecule has 0 bridgehead atoms. The number of rotatable bonds is 6. The van der Waals surface area contributed by atoms with Gasteiger partial charge in [-0.3, -0.25) is 4.79 Å². The average Bonchev–Trinajstić information content (AvgIpc) is 3.07. The number of hydrogen-bond acceptors (Lipinski definition) is 6. The number of ether oxygens (including phenoxy) is 2. The van der Waals surface area contributed by atoms with Crippen molar-refractivity contribution in [2.75, 3.05) is 18.6 Å². The Morgan fingerprint density at radius 2 is 1.91 bits per heavy atom. The zero-order chi connectivity index (χ0) is 16.4. The first-order chi connectivity index (χ1) is 11.2. The van der Waals surface area contributed by atoms with Gasteiger partial charge in [-0.2, -0.15) is 0 Å². The summed E-state index contributed by atoms with van der Waals surface area (Å²) >= 11 is 1.38. The molecule has 1 aromatic carbocycles. The Kier molecular flexibility index (Phi) is 4.34. The van der Waals surface area contributed by atoms with Crippen molar-refractivity contribution in [3.8, 4) is 5.75 Å². The van der Waals surface area contributed by atoms with Crippen molar-refractivity contribution in [3.63, 3.8) is 0 Å². The van der Waals surface area contributed by atoms with Crippen LogP contribution in [0.2, 0.25) is 0 Å². The first-order valence-corrected chi connectivity index (χ1v) is 8.22. The Morgan fingerprint density at radius 3 is 2.48 bits per heavy atom. The van der Waals surface area contributed by atoms with Crippen molar-refractivity contribution in [1.82, 2.24) is 0 Å². The van der Waals surface area contributed by atoms with Crippen LogP contribution < -0.4 is 9.64 Å². The highest BCUT2D eigenvalue weighted by Crippen LogP contribution is 2.39. The van der Waals surface area contributed by atoms with E-state index in [0.717, 1.165) is 11.4 Å². The van der Waals surface area contributed by atoms with Gasteiger partial charge in [-0.1, -0.05) is 6.07 Å². The highest BCUT2D eigenvalue weighted by Gasteiger charge is 2.58. The van der Waals surface area contributed by atoms with E-state index in [-0.39, 0.29) is 11.8 Å². The third-order valence-electron chi connectivity index (χ3n) is 3.74. The van der Waals surface area contributed by atoms with Gasteiger partial charge >= 0.3 is 5.97 Å². The number of esters is 1. The zero-order valence-corrected chi connectivity index (χ0v) is 13.7. The molecule has 0 unspecified atom stereocenters. The number of anilines is 1. The lowest BCUT2D eigenvalue weighted by molar-refractivity contribution is -0.142. The molecule has 0 amide bonds. The van der Waals surface area contributed by atoms with Crippen LogP contribution in [0.4, 0.5) is 5.69 Å². The van der Waals surface area contributed by atoms with E-state index < -0.39 is 12.1 Å². The molecule has 120 valence electrons. The molecule has 0 aliphatic carbocycles. The van der Waals surface area contributed by atoms with Crippen LogP contribution in [0.5, 0.6) is 5.75 Å². The van der Waals surface area contributed by atoms with Gasteiger partial charge in [-0.25, -0.2) is 4.79 Å². The monoisotopic (exact) mass is 331 g/mol. The molecule has 0 N–H and O–H groups in total. The van der Waals surface area contributed by atoms with E-state index in [9.17, 15) is 9.59 Å². The van der Waals surface area contributed by atoms with E-state index in [1.807, 2.05) is 35.7 Å². The summed E-state index contributed by atoms with van der Waals surface area (Å²) < 4.78 is 10.2. The van der Waals surface area contributed by atoms with Crippen molar-refractivity contribution in [2.45, 2.75) is 19.0 Å². The molecule has 1 saturated heterocycles. The molecule has 0 spiro atoms. The summed E-state index contributed by atoms with van der Waals surface area (Å²) in [5.41, 5.74) is 0.804. The summed E-state index contributed by atoms with van der Waals surface area (Å²) in [5.74, 6) is 0.316. The number of carbonyl (C=O) groups is 2. The van der Waals surface area contributed by atoms with Crippen LogP contribution in [0.25, 0.3) is 0 Å². The molecule has 1 aliphatic heterocycles. The van der Waals surface area contributed by atoms with Gasteiger partial charge in [0.2, 0.25) is 0 Å². The molecule has 2 aromatic rings. The van der Waals surface area contributed by atoms with Crippen molar-refractivity contribution >= 4 is 28.8 Å². The maximum absolute atomic E-state index is 12.6. The van der Waals surface area contributed by atoms with Crippen molar-refractivity contribution in [3.05, 3.63) is 46.7 Å². The van der Waals surface area contributed by atoms with Gasteiger partial charge in [0.25, 0.3) is 0 Å². The fourth-order valence-corrected chi connectivity index (χ4v) is 3.31. The minimum atomic E-state index is -0.557. The van der Waals surface area contributed by atoms with Gasteiger partial charge in [0.05, 0.1) is 18.6 Å². The zero-order valence-electron chi connectivity index (χ0n) is 12.9. The molecular weight excluding hydrogens is 314 g/mol. The lowest BCUT2D eigenvalue weighted by atomic mass is 10.2. The van der Waals surface area contributed by atoms with E-state index >= 15 is 0 Å². The second kappa shape index (κ2) is 6.42. The van der Waals surface area contributed by atoms with Crippen LogP contribution in [0.1, 0.15) is 16.6 Å². The largest absolute Gasteiger partial charge is 0.497 e. The molecule has 5 nitrogen and oxygen atoms in total. The minimum Gasteiger partial charge on any atom is -0.497 e. The number of carbonyl (C=O) groups excluding carboxylic acids is 2. The fourth-order valence-electron chi connectivity index (χ4n) is 2.61. The average molecular weight is 331 g/mol. The molecule has 0 saturated carbocycles. The van der Waals surface area contributed by atoms with Crippen LogP contribution in [0.15, 0.2) is 41.8 Å². The van der Waals surface area contributed by atoms with Crippen LogP contribution in [-0.2, 0) is 9.53 Å². The Bertz CT molecular complexity index is 696. The molecule has 6 heteroatoms. The molecule has 1 fully saturated rings. The van der Waals surface area contributed by atoms with Crippen LogP contribution in [0, 0.1) is 0 Å². The van der Waals surface area contributed by atoms with Crippen molar-refractivity contribution < 1.29 is 19.1 Å². The molecule has 0 radical (unpaired) electrons. The number of hydrogen-bond donors (Lipinski definition) is 0. The van der Waals surface area contributed by atoms with E-state index in [1.165, 1.54) is 11.3 Å². The third-order valence-corrected chi connectivity index (χ3v) is 4.62. The van der Waals surface area contributed by atoms with E-state index in [0.29, 0.717) is 11.5 Å². The van der Waals surface area contributed by atoms with Gasteiger partial charge in [0.1, 0.15) is 11.8 Å². The van der Waals surface area contributed by atoms with Crippen LogP contribution >= 0.6 is 11.3 Å². The highest BCUT2D eigenvalue weighted by molar-refractivity contribution is 7.12. The summed E-state index contributed by atoms with van der Waals surface area (Å²) in [6.07, 6.45) is 0. The van der Waals surface area contributed by atoms with Crippen LogP contribution in [0.3, 0.4) is 0 Å². The molecule has 1 aliphatic rings. The predicted octanol–water partition coefficient (Wildman–Crippen LogP) is 2.76. The number of thiophene rings is 1. The fraction of sp³-hybridized carbons (Fsp3) is 0.294. The quantitative estimate of drug-likeness (QED) is 0.463. The Morgan fingerprint density at radius 1 is 1.17 bits per heavy atom. The number of nitrogens with zero attached hydrogens (tertiary/aromatic N) is 1. The summed E-state index contributed by atoms with van der Waals surface area (Å²) in [6, 6.07) is 9.85. The van der Waals surface area contributed by atoms with Crippen LogP contribution in [-0.4, -0.2) is 37.6 Å². The SMILES string of the molecule is CCOC(=O)[C@H]1[C@@H](C(=O)c2cccs2)N1c1ccc(OC)cc1. The highest BCUT2D eigenvalue weighted by atomic mass is 32.1. The maximum Gasteiger partial charge on any atom is 0.331 e. The number of methoxy groups -OCH3 is 1. The van der Waals surface area contributed by atoms with E-state index in [1.54, 1.807) is 25.0 Å². The lowest BCUT2D eigenvalue weighted by Gasteiger charge is -2.07. The number of ketones is 1. The van der Waals surface area contributed by atoms with Crippen molar-refractivity contribution in [1.29, 1.82) is 0 Å². The summed E-state index contributed by atoms with van der Waals surface area (Å²) in [6.45, 7) is 2.06.